The number of aromatic nitrogens is 1. The molecule has 0 aliphatic carbocycles. The summed E-state index contributed by atoms with van der Waals surface area (Å²) in [5.74, 6) is 0. The van der Waals surface area contributed by atoms with Crippen LogP contribution in [0.4, 0.5) is 13.2 Å². The molecule has 1 aromatic heterocycles. The van der Waals surface area contributed by atoms with Crippen molar-refractivity contribution in [3.63, 3.8) is 0 Å². The normalized spacial score (nSPS) is 11.6. The van der Waals surface area contributed by atoms with Crippen molar-refractivity contribution in [3.8, 4) is 11.3 Å². The highest BCUT2D eigenvalue weighted by Crippen LogP contribution is 2.32. The molecule has 1 heterocycles. The number of nitrogens with two attached hydrogens (primary N) is 1. The summed E-state index contributed by atoms with van der Waals surface area (Å²) in [5.41, 5.74) is 6.69. The summed E-state index contributed by atoms with van der Waals surface area (Å²) in [6.45, 7) is 0.428. The second kappa shape index (κ2) is 5.40. The maximum atomic E-state index is 12.7. The molecule has 2 rings (SSSR count). The standard InChI is InChI=1S/C14H13F3N2/c15-14(16,17)12-5-1-3-11(9-12)13-10(6-7-18)4-2-8-19-13/h1-5,8-9H,6-7,18H2. The van der Waals surface area contributed by atoms with Gasteiger partial charge >= 0.3 is 6.18 Å². The molecule has 5 heteroatoms. The maximum absolute atomic E-state index is 12.7. The van der Waals surface area contributed by atoms with Gasteiger partial charge in [-0.15, -0.1) is 0 Å². The van der Waals surface area contributed by atoms with Crippen LogP contribution in [0.5, 0.6) is 0 Å². The van der Waals surface area contributed by atoms with Gasteiger partial charge in [-0.2, -0.15) is 13.2 Å². The Morgan fingerprint density at radius 1 is 1.11 bits per heavy atom. The van der Waals surface area contributed by atoms with Gasteiger partial charge in [0.15, 0.2) is 0 Å². The quantitative estimate of drug-likeness (QED) is 0.926. The van der Waals surface area contributed by atoms with E-state index in [0.29, 0.717) is 24.2 Å². The van der Waals surface area contributed by atoms with E-state index in [1.54, 1.807) is 18.3 Å². The molecule has 19 heavy (non-hydrogen) atoms. The molecule has 2 aromatic rings. The molecule has 0 fully saturated rings. The first-order valence-electron chi connectivity index (χ1n) is 5.84. The first-order chi connectivity index (χ1) is 9.02. The molecule has 0 atom stereocenters. The highest BCUT2D eigenvalue weighted by atomic mass is 19.4. The number of hydrogen-bond acceptors (Lipinski definition) is 2. The first-order valence-corrected chi connectivity index (χ1v) is 5.84. The van der Waals surface area contributed by atoms with Crippen molar-refractivity contribution >= 4 is 0 Å². The fourth-order valence-electron chi connectivity index (χ4n) is 1.90. The van der Waals surface area contributed by atoms with Crippen molar-refractivity contribution in [3.05, 3.63) is 53.7 Å². The smallest absolute Gasteiger partial charge is 0.330 e. The van der Waals surface area contributed by atoms with Crippen molar-refractivity contribution in [1.82, 2.24) is 4.98 Å². The Kier molecular flexibility index (Phi) is 3.85. The van der Waals surface area contributed by atoms with E-state index in [1.165, 1.54) is 6.07 Å². The van der Waals surface area contributed by atoms with E-state index in [0.717, 1.165) is 17.7 Å². The molecule has 0 bridgehead atoms. The summed E-state index contributed by atoms with van der Waals surface area (Å²) < 4.78 is 38.1. The SMILES string of the molecule is NCCc1cccnc1-c1cccc(C(F)(F)F)c1. The fourth-order valence-corrected chi connectivity index (χ4v) is 1.90. The average Bonchev–Trinajstić information content (AvgIpc) is 2.39. The predicted molar refractivity (Wildman–Crippen MR) is 67.4 cm³/mol. The second-order valence-electron chi connectivity index (χ2n) is 4.13. The lowest BCUT2D eigenvalue weighted by Gasteiger charge is -2.11. The van der Waals surface area contributed by atoms with Gasteiger partial charge < -0.3 is 5.73 Å². The van der Waals surface area contributed by atoms with Crippen LogP contribution in [0.2, 0.25) is 0 Å². The topological polar surface area (TPSA) is 38.9 Å². The Balaban J connectivity index is 2.48. The zero-order chi connectivity index (χ0) is 13.9. The molecule has 2 nitrogen and oxygen atoms in total. The van der Waals surface area contributed by atoms with Crippen LogP contribution in [0.15, 0.2) is 42.6 Å². The summed E-state index contributed by atoms with van der Waals surface area (Å²) in [7, 11) is 0. The molecule has 0 aliphatic rings. The third-order valence-corrected chi connectivity index (χ3v) is 2.77. The van der Waals surface area contributed by atoms with E-state index in [-0.39, 0.29) is 0 Å². The number of rotatable bonds is 3. The number of hydrogen-bond donors (Lipinski definition) is 1. The third-order valence-electron chi connectivity index (χ3n) is 2.77. The number of alkyl halides is 3. The minimum absolute atomic E-state index is 0.428. The molecule has 0 spiro atoms. The van der Waals surface area contributed by atoms with Gasteiger partial charge in [-0.05, 0) is 36.7 Å². The highest BCUT2D eigenvalue weighted by molar-refractivity contribution is 5.64. The van der Waals surface area contributed by atoms with Crippen LogP contribution in [0.25, 0.3) is 11.3 Å². The van der Waals surface area contributed by atoms with Crippen molar-refractivity contribution in [1.29, 1.82) is 0 Å². The van der Waals surface area contributed by atoms with Gasteiger partial charge in [0.1, 0.15) is 0 Å². The lowest BCUT2D eigenvalue weighted by atomic mass is 10.0. The summed E-state index contributed by atoms with van der Waals surface area (Å²) in [6.07, 6.45) is -2.20. The van der Waals surface area contributed by atoms with E-state index in [4.69, 9.17) is 5.73 Å². The average molecular weight is 266 g/mol. The number of halogens is 3. The van der Waals surface area contributed by atoms with Gasteiger partial charge in [0.05, 0.1) is 11.3 Å². The lowest BCUT2D eigenvalue weighted by Crippen LogP contribution is -2.06. The summed E-state index contributed by atoms with van der Waals surface area (Å²) in [4.78, 5) is 4.17. The highest BCUT2D eigenvalue weighted by Gasteiger charge is 2.30. The van der Waals surface area contributed by atoms with Crippen molar-refractivity contribution in [2.75, 3.05) is 6.54 Å². The fraction of sp³-hybridized carbons (Fsp3) is 0.214. The minimum atomic E-state index is -4.35. The summed E-state index contributed by atoms with van der Waals surface area (Å²) in [6, 6.07) is 8.76. The largest absolute Gasteiger partial charge is 0.416 e. The predicted octanol–water partition coefficient (Wildman–Crippen LogP) is 3.27. The van der Waals surface area contributed by atoms with E-state index in [9.17, 15) is 13.2 Å². The van der Waals surface area contributed by atoms with Crippen LogP contribution in [0, 0.1) is 0 Å². The van der Waals surface area contributed by atoms with Crippen LogP contribution >= 0.6 is 0 Å². The molecular weight excluding hydrogens is 253 g/mol. The van der Waals surface area contributed by atoms with Gasteiger partial charge in [0, 0.05) is 11.8 Å². The van der Waals surface area contributed by atoms with E-state index < -0.39 is 11.7 Å². The monoisotopic (exact) mass is 266 g/mol. The Hall–Kier alpha value is -1.88. The van der Waals surface area contributed by atoms with Crippen LogP contribution in [0.3, 0.4) is 0 Å². The van der Waals surface area contributed by atoms with Crippen LogP contribution in [-0.2, 0) is 12.6 Å². The van der Waals surface area contributed by atoms with Crippen LogP contribution in [-0.4, -0.2) is 11.5 Å². The molecule has 0 aliphatic heterocycles. The van der Waals surface area contributed by atoms with Gasteiger partial charge in [-0.25, -0.2) is 0 Å². The number of benzene rings is 1. The van der Waals surface area contributed by atoms with E-state index >= 15 is 0 Å². The summed E-state index contributed by atoms with van der Waals surface area (Å²) in [5, 5.41) is 0. The second-order valence-corrected chi connectivity index (χ2v) is 4.13. The molecule has 0 amide bonds. The van der Waals surface area contributed by atoms with Crippen LogP contribution < -0.4 is 5.73 Å². The van der Waals surface area contributed by atoms with E-state index in [2.05, 4.69) is 4.98 Å². The van der Waals surface area contributed by atoms with Crippen molar-refractivity contribution in [2.24, 2.45) is 5.73 Å². The van der Waals surface area contributed by atoms with Gasteiger partial charge in [0.2, 0.25) is 0 Å². The molecule has 100 valence electrons. The van der Waals surface area contributed by atoms with Gasteiger partial charge in [-0.3, -0.25) is 4.98 Å². The summed E-state index contributed by atoms with van der Waals surface area (Å²) >= 11 is 0. The number of nitrogens with zero attached hydrogens (tertiary/aromatic N) is 1. The molecule has 0 radical (unpaired) electrons. The molecule has 0 unspecified atom stereocenters. The number of pyridine rings is 1. The zero-order valence-corrected chi connectivity index (χ0v) is 10.1. The first kappa shape index (κ1) is 13.5. The Bertz CT molecular complexity index is 565. The lowest BCUT2D eigenvalue weighted by molar-refractivity contribution is -0.137. The Morgan fingerprint density at radius 3 is 2.58 bits per heavy atom. The van der Waals surface area contributed by atoms with Crippen molar-refractivity contribution in [2.45, 2.75) is 12.6 Å². The third kappa shape index (κ3) is 3.12. The van der Waals surface area contributed by atoms with Crippen LogP contribution in [0.1, 0.15) is 11.1 Å². The Morgan fingerprint density at radius 2 is 1.89 bits per heavy atom. The minimum Gasteiger partial charge on any atom is -0.330 e. The maximum Gasteiger partial charge on any atom is 0.416 e. The zero-order valence-electron chi connectivity index (χ0n) is 10.1. The van der Waals surface area contributed by atoms with Gasteiger partial charge in [0.25, 0.3) is 0 Å². The Labute approximate surface area is 109 Å². The molecular formula is C14H13F3N2. The molecule has 1 aromatic carbocycles. The van der Waals surface area contributed by atoms with Gasteiger partial charge in [-0.1, -0.05) is 18.2 Å². The molecule has 0 saturated heterocycles. The van der Waals surface area contributed by atoms with E-state index in [1.807, 2.05) is 6.07 Å². The van der Waals surface area contributed by atoms with Crippen molar-refractivity contribution < 1.29 is 13.2 Å². The molecule has 2 N–H and O–H groups in total. The molecule has 0 saturated carbocycles.